The molecule has 4 heterocycles. The molecule has 1 aliphatic heterocycles. The van der Waals surface area contributed by atoms with Gasteiger partial charge in [0.1, 0.15) is 5.65 Å². The summed E-state index contributed by atoms with van der Waals surface area (Å²) >= 11 is 0. The van der Waals surface area contributed by atoms with E-state index in [0.717, 1.165) is 47.7 Å². The Bertz CT molecular complexity index is 736. The monoisotopic (exact) mass is 281 g/mol. The molecule has 0 aromatic carbocycles. The molecule has 0 spiro atoms. The topological polar surface area (TPSA) is 58.5 Å². The molecule has 1 fully saturated rings. The van der Waals surface area contributed by atoms with Gasteiger partial charge >= 0.3 is 0 Å². The summed E-state index contributed by atoms with van der Waals surface area (Å²) in [5, 5.41) is 9.06. The van der Waals surface area contributed by atoms with E-state index in [1.165, 1.54) is 12.8 Å². The van der Waals surface area contributed by atoms with Crippen molar-refractivity contribution in [2.75, 3.05) is 13.1 Å². The van der Waals surface area contributed by atoms with Crippen LogP contribution in [0.4, 0.5) is 0 Å². The Morgan fingerprint density at radius 1 is 1.19 bits per heavy atom. The van der Waals surface area contributed by atoms with E-state index in [0.29, 0.717) is 0 Å². The third kappa shape index (κ3) is 2.56. The molecule has 108 valence electrons. The molecular formula is C16H19N5. The van der Waals surface area contributed by atoms with Crippen molar-refractivity contribution in [1.29, 1.82) is 0 Å². The van der Waals surface area contributed by atoms with Gasteiger partial charge in [-0.25, -0.2) is 4.98 Å². The number of nitrogens with zero attached hydrogens (tertiary/aromatic N) is 3. The Morgan fingerprint density at radius 2 is 2.10 bits per heavy atom. The van der Waals surface area contributed by atoms with Crippen LogP contribution in [0.25, 0.3) is 22.2 Å². The van der Waals surface area contributed by atoms with Crippen LogP contribution >= 0.6 is 0 Å². The quantitative estimate of drug-likeness (QED) is 0.775. The van der Waals surface area contributed by atoms with Gasteiger partial charge in [-0.3, -0.25) is 4.68 Å². The lowest BCUT2D eigenvalue weighted by atomic mass is 9.98. The predicted molar refractivity (Wildman–Crippen MR) is 82.9 cm³/mol. The van der Waals surface area contributed by atoms with Crippen LogP contribution in [0, 0.1) is 5.92 Å². The molecule has 0 saturated carbocycles. The molecule has 0 bridgehead atoms. The maximum atomic E-state index is 4.52. The van der Waals surface area contributed by atoms with Gasteiger partial charge in [0.15, 0.2) is 0 Å². The lowest BCUT2D eigenvalue weighted by molar-refractivity contribution is 0.321. The highest BCUT2D eigenvalue weighted by Gasteiger charge is 2.14. The second-order valence-corrected chi connectivity index (χ2v) is 5.78. The van der Waals surface area contributed by atoms with Gasteiger partial charge in [-0.15, -0.1) is 0 Å². The van der Waals surface area contributed by atoms with Crippen LogP contribution in [-0.4, -0.2) is 32.8 Å². The fraction of sp³-hybridized carbons (Fsp3) is 0.375. The number of H-pyrrole nitrogens is 1. The Morgan fingerprint density at radius 3 is 3.00 bits per heavy atom. The van der Waals surface area contributed by atoms with E-state index in [-0.39, 0.29) is 0 Å². The number of rotatable bonds is 3. The molecule has 5 heteroatoms. The third-order valence-electron chi connectivity index (χ3n) is 4.27. The number of piperidine rings is 1. The van der Waals surface area contributed by atoms with Crippen molar-refractivity contribution in [2.24, 2.45) is 5.92 Å². The number of aromatic amines is 1. The number of aromatic nitrogens is 4. The molecule has 21 heavy (non-hydrogen) atoms. The molecule has 0 radical (unpaired) electrons. The Balaban J connectivity index is 1.55. The first kappa shape index (κ1) is 12.6. The van der Waals surface area contributed by atoms with Crippen molar-refractivity contribution >= 4 is 11.0 Å². The van der Waals surface area contributed by atoms with Crippen molar-refractivity contribution in [3.8, 4) is 11.1 Å². The fourth-order valence-corrected chi connectivity index (χ4v) is 3.04. The van der Waals surface area contributed by atoms with Gasteiger partial charge in [0.25, 0.3) is 0 Å². The first-order chi connectivity index (χ1) is 10.4. The summed E-state index contributed by atoms with van der Waals surface area (Å²) in [6.45, 7) is 3.28. The fourth-order valence-electron chi connectivity index (χ4n) is 3.04. The van der Waals surface area contributed by atoms with E-state index in [1.807, 2.05) is 24.7 Å². The molecular weight excluding hydrogens is 262 g/mol. The molecule has 0 atom stereocenters. The van der Waals surface area contributed by atoms with Gasteiger partial charge in [-0.05, 0) is 44.0 Å². The van der Waals surface area contributed by atoms with E-state index in [4.69, 9.17) is 0 Å². The molecule has 0 amide bonds. The SMILES string of the molecule is c1cc2cc(-c3cnn(CC4CCNCC4)c3)cnc2[nH]1. The number of fused-ring (bicyclic) bond motifs is 1. The lowest BCUT2D eigenvalue weighted by Crippen LogP contribution is -2.29. The van der Waals surface area contributed by atoms with Crippen molar-refractivity contribution < 1.29 is 0 Å². The Hall–Kier alpha value is -2.14. The van der Waals surface area contributed by atoms with Crippen molar-refractivity contribution in [2.45, 2.75) is 19.4 Å². The highest BCUT2D eigenvalue weighted by atomic mass is 15.3. The van der Waals surface area contributed by atoms with Crippen molar-refractivity contribution in [3.63, 3.8) is 0 Å². The molecule has 3 aromatic rings. The smallest absolute Gasteiger partial charge is 0.137 e. The van der Waals surface area contributed by atoms with Crippen LogP contribution < -0.4 is 5.32 Å². The molecule has 5 nitrogen and oxygen atoms in total. The molecule has 3 aromatic heterocycles. The summed E-state index contributed by atoms with van der Waals surface area (Å²) in [7, 11) is 0. The van der Waals surface area contributed by atoms with E-state index in [2.05, 4.69) is 37.3 Å². The van der Waals surface area contributed by atoms with Gasteiger partial charge < -0.3 is 10.3 Å². The minimum Gasteiger partial charge on any atom is -0.346 e. The van der Waals surface area contributed by atoms with Gasteiger partial charge in [0, 0.05) is 41.6 Å². The second-order valence-electron chi connectivity index (χ2n) is 5.78. The minimum absolute atomic E-state index is 0.740. The van der Waals surface area contributed by atoms with Crippen LogP contribution in [0.15, 0.2) is 36.9 Å². The highest BCUT2D eigenvalue weighted by Crippen LogP contribution is 2.22. The number of hydrogen-bond acceptors (Lipinski definition) is 3. The number of nitrogens with one attached hydrogen (secondary N) is 2. The zero-order chi connectivity index (χ0) is 14.1. The van der Waals surface area contributed by atoms with E-state index >= 15 is 0 Å². The van der Waals surface area contributed by atoms with Crippen LogP contribution in [0.1, 0.15) is 12.8 Å². The Kier molecular flexibility index (Phi) is 3.20. The third-order valence-corrected chi connectivity index (χ3v) is 4.27. The maximum absolute atomic E-state index is 4.52. The maximum Gasteiger partial charge on any atom is 0.137 e. The second kappa shape index (κ2) is 5.33. The lowest BCUT2D eigenvalue weighted by Gasteiger charge is -2.22. The molecule has 1 aliphatic rings. The Labute approximate surface area is 123 Å². The van der Waals surface area contributed by atoms with Crippen LogP contribution in [0.5, 0.6) is 0 Å². The highest BCUT2D eigenvalue weighted by molar-refractivity contribution is 5.80. The summed E-state index contributed by atoms with van der Waals surface area (Å²) in [6, 6.07) is 4.20. The summed E-state index contributed by atoms with van der Waals surface area (Å²) in [5.41, 5.74) is 3.19. The molecule has 0 unspecified atom stereocenters. The molecule has 1 saturated heterocycles. The zero-order valence-electron chi connectivity index (χ0n) is 11.9. The van der Waals surface area contributed by atoms with Gasteiger partial charge in [0.2, 0.25) is 0 Å². The summed E-state index contributed by atoms with van der Waals surface area (Å²) in [5.74, 6) is 0.740. The van der Waals surface area contributed by atoms with Crippen molar-refractivity contribution in [1.82, 2.24) is 25.1 Å². The van der Waals surface area contributed by atoms with Crippen LogP contribution in [0.3, 0.4) is 0 Å². The molecule has 0 aliphatic carbocycles. The van der Waals surface area contributed by atoms with E-state index < -0.39 is 0 Å². The van der Waals surface area contributed by atoms with E-state index in [9.17, 15) is 0 Å². The number of hydrogen-bond donors (Lipinski definition) is 2. The summed E-state index contributed by atoms with van der Waals surface area (Å²) in [4.78, 5) is 7.56. The predicted octanol–water partition coefficient (Wildman–Crippen LogP) is 2.43. The summed E-state index contributed by atoms with van der Waals surface area (Å²) in [6.07, 6.45) is 10.4. The molecule has 4 rings (SSSR count). The van der Waals surface area contributed by atoms with Crippen LogP contribution in [0.2, 0.25) is 0 Å². The first-order valence-corrected chi connectivity index (χ1v) is 7.55. The average molecular weight is 281 g/mol. The average Bonchev–Trinajstić information content (AvgIpc) is 3.16. The normalized spacial score (nSPS) is 16.6. The zero-order valence-corrected chi connectivity index (χ0v) is 11.9. The minimum atomic E-state index is 0.740. The molecule has 2 N–H and O–H groups in total. The summed E-state index contributed by atoms with van der Waals surface area (Å²) < 4.78 is 2.08. The van der Waals surface area contributed by atoms with E-state index in [1.54, 1.807) is 0 Å². The number of pyridine rings is 1. The van der Waals surface area contributed by atoms with Crippen LogP contribution in [-0.2, 0) is 6.54 Å². The first-order valence-electron chi connectivity index (χ1n) is 7.55. The van der Waals surface area contributed by atoms with Gasteiger partial charge in [-0.1, -0.05) is 0 Å². The van der Waals surface area contributed by atoms with Gasteiger partial charge in [-0.2, -0.15) is 5.10 Å². The standard InChI is InChI=1S/C16H19N5/c1-4-17-5-2-12(1)10-21-11-15(9-20-21)14-7-13-3-6-18-16(13)19-8-14/h3,6-9,11-12,17H,1-2,4-5,10H2,(H,18,19). The van der Waals surface area contributed by atoms with Crippen molar-refractivity contribution in [3.05, 3.63) is 36.9 Å². The van der Waals surface area contributed by atoms with Gasteiger partial charge in [0.05, 0.1) is 6.20 Å². The largest absolute Gasteiger partial charge is 0.346 e.